The van der Waals surface area contributed by atoms with E-state index in [1.165, 1.54) is 17.4 Å². The Morgan fingerprint density at radius 3 is 2.68 bits per heavy atom. The Hall–Kier alpha value is -1.69. The standard InChI is InChI=1S/C13H18N2O3S/c1-8(2)6-11(13(17)18)15-12(16)5-4-10-7-14-9(3)19-10/h4-5,7-8,11H,6H2,1-3H3,(H,15,16)(H,17,18). The van der Waals surface area contributed by atoms with E-state index in [9.17, 15) is 9.59 Å². The van der Waals surface area contributed by atoms with Crippen LogP contribution in [0.5, 0.6) is 0 Å². The Labute approximate surface area is 116 Å². The van der Waals surface area contributed by atoms with E-state index >= 15 is 0 Å². The number of carbonyl (C=O) groups is 2. The lowest BCUT2D eigenvalue weighted by atomic mass is 10.0. The van der Waals surface area contributed by atoms with Gasteiger partial charge in [0.05, 0.1) is 5.01 Å². The number of amides is 1. The zero-order valence-corrected chi connectivity index (χ0v) is 12.0. The first kappa shape index (κ1) is 15.4. The minimum Gasteiger partial charge on any atom is -0.480 e. The number of aliphatic carboxylic acids is 1. The van der Waals surface area contributed by atoms with Gasteiger partial charge in [-0.25, -0.2) is 9.78 Å². The van der Waals surface area contributed by atoms with Gasteiger partial charge in [0.2, 0.25) is 5.91 Å². The monoisotopic (exact) mass is 282 g/mol. The average molecular weight is 282 g/mol. The summed E-state index contributed by atoms with van der Waals surface area (Å²) in [4.78, 5) is 27.6. The smallest absolute Gasteiger partial charge is 0.326 e. The largest absolute Gasteiger partial charge is 0.480 e. The van der Waals surface area contributed by atoms with Crippen molar-refractivity contribution in [2.75, 3.05) is 0 Å². The molecular weight excluding hydrogens is 264 g/mol. The zero-order valence-electron chi connectivity index (χ0n) is 11.2. The van der Waals surface area contributed by atoms with Crippen LogP contribution in [0.25, 0.3) is 6.08 Å². The maximum absolute atomic E-state index is 11.6. The molecule has 0 aliphatic carbocycles. The topological polar surface area (TPSA) is 79.3 Å². The molecule has 1 aromatic heterocycles. The second-order valence-corrected chi connectivity index (χ2v) is 5.91. The number of hydrogen-bond donors (Lipinski definition) is 2. The molecule has 0 spiro atoms. The van der Waals surface area contributed by atoms with Crippen molar-refractivity contribution >= 4 is 29.3 Å². The van der Waals surface area contributed by atoms with Crippen LogP contribution in [0.15, 0.2) is 12.3 Å². The second-order valence-electron chi connectivity index (χ2n) is 4.64. The molecule has 0 aliphatic heterocycles. The maximum Gasteiger partial charge on any atom is 0.326 e. The summed E-state index contributed by atoms with van der Waals surface area (Å²) in [6, 6.07) is -0.847. The van der Waals surface area contributed by atoms with Crippen molar-refractivity contribution in [2.45, 2.75) is 33.2 Å². The normalized spacial score (nSPS) is 12.8. The molecule has 0 aliphatic rings. The van der Waals surface area contributed by atoms with Crippen LogP contribution in [0, 0.1) is 12.8 Å². The van der Waals surface area contributed by atoms with E-state index in [1.807, 2.05) is 20.8 Å². The number of rotatable bonds is 6. The molecule has 1 atom stereocenters. The van der Waals surface area contributed by atoms with E-state index in [1.54, 1.807) is 12.3 Å². The Bertz CT molecular complexity index is 480. The highest BCUT2D eigenvalue weighted by atomic mass is 32.1. The lowest BCUT2D eigenvalue weighted by Crippen LogP contribution is -2.40. The molecule has 0 aromatic carbocycles. The Morgan fingerprint density at radius 2 is 2.21 bits per heavy atom. The molecule has 0 bridgehead atoms. The number of aryl methyl sites for hydroxylation is 1. The van der Waals surface area contributed by atoms with Gasteiger partial charge in [-0.3, -0.25) is 4.79 Å². The number of nitrogens with zero attached hydrogens (tertiary/aromatic N) is 1. The van der Waals surface area contributed by atoms with Crippen molar-refractivity contribution < 1.29 is 14.7 Å². The summed E-state index contributed by atoms with van der Waals surface area (Å²) in [6.45, 7) is 5.71. The average Bonchev–Trinajstić information content (AvgIpc) is 2.71. The van der Waals surface area contributed by atoms with Crippen molar-refractivity contribution in [3.05, 3.63) is 22.2 Å². The van der Waals surface area contributed by atoms with Gasteiger partial charge in [0.25, 0.3) is 0 Å². The van der Waals surface area contributed by atoms with Crippen molar-refractivity contribution in [2.24, 2.45) is 5.92 Å². The van der Waals surface area contributed by atoms with Gasteiger partial charge in [-0.1, -0.05) is 13.8 Å². The molecule has 0 saturated carbocycles. The molecule has 1 unspecified atom stereocenters. The Kier molecular flexibility index (Phi) is 5.69. The van der Waals surface area contributed by atoms with Gasteiger partial charge in [-0.05, 0) is 25.3 Å². The molecule has 6 heteroatoms. The number of hydrogen-bond acceptors (Lipinski definition) is 4. The lowest BCUT2D eigenvalue weighted by molar-refractivity contribution is -0.141. The predicted molar refractivity (Wildman–Crippen MR) is 74.9 cm³/mol. The molecule has 104 valence electrons. The van der Waals surface area contributed by atoms with Gasteiger partial charge in [0, 0.05) is 17.2 Å². The van der Waals surface area contributed by atoms with E-state index in [4.69, 9.17) is 5.11 Å². The minimum absolute atomic E-state index is 0.203. The fraction of sp³-hybridized carbons (Fsp3) is 0.462. The van der Waals surface area contributed by atoms with Crippen molar-refractivity contribution in [3.8, 4) is 0 Å². The third kappa shape index (κ3) is 5.65. The summed E-state index contributed by atoms with van der Waals surface area (Å²) in [5.41, 5.74) is 0. The zero-order chi connectivity index (χ0) is 14.4. The highest BCUT2D eigenvalue weighted by molar-refractivity contribution is 7.12. The van der Waals surface area contributed by atoms with Crippen molar-refractivity contribution in [3.63, 3.8) is 0 Å². The van der Waals surface area contributed by atoms with Crippen LogP contribution in [0.4, 0.5) is 0 Å². The third-order valence-electron chi connectivity index (χ3n) is 2.36. The maximum atomic E-state index is 11.6. The number of carboxylic acid groups (broad SMARTS) is 1. The van der Waals surface area contributed by atoms with Crippen LogP contribution in [-0.4, -0.2) is 28.0 Å². The SMILES string of the molecule is Cc1ncc(C=CC(=O)NC(CC(C)C)C(=O)O)s1. The predicted octanol–water partition coefficient (Wildman–Crippen LogP) is 2.08. The number of thiazole rings is 1. The molecule has 5 nitrogen and oxygen atoms in total. The molecule has 1 aromatic rings. The third-order valence-corrected chi connectivity index (χ3v) is 3.24. The molecule has 1 heterocycles. The van der Waals surface area contributed by atoms with E-state index in [-0.39, 0.29) is 5.92 Å². The number of nitrogens with one attached hydrogen (secondary N) is 1. The molecule has 0 fully saturated rings. The van der Waals surface area contributed by atoms with Crippen LogP contribution >= 0.6 is 11.3 Å². The van der Waals surface area contributed by atoms with Crippen molar-refractivity contribution in [1.82, 2.24) is 10.3 Å². The summed E-state index contributed by atoms with van der Waals surface area (Å²) < 4.78 is 0. The molecule has 2 N–H and O–H groups in total. The Balaban J connectivity index is 2.57. The van der Waals surface area contributed by atoms with Gasteiger partial charge in [0.15, 0.2) is 0 Å². The first-order valence-electron chi connectivity index (χ1n) is 6.02. The van der Waals surface area contributed by atoms with Gasteiger partial charge in [0.1, 0.15) is 6.04 Å². The van der Waals surface area contributed by atoms with E-state index in [0.717, 1.165) is 9.88 Å². The van der Waals surface area contributed by atoms with Crippen LogP contribution in [0.2, 0.25) is 0 Å². The lowest BCUT2D eigenvalue weighted by Gasteiger charge is -2.15. The highest BCUT2D eigenvalue weighted by Crippen LogP contribution is 2.13. The van der Waals surface area contributed by atoms with Gasteiger partial charge in [-0.15, -0.1) is 11.3 Å². The quantitative estimate of drug-likeness (QED) is 0.783. The molecule has 0 saturated heterocycles. The molecule has 0 radical (unpaired) electrons. The van der Waals surface area contributed by atoms with Crippen molar-refractivity contribution in [1.29, 1.82) is 0 Å². The summed E-state index contributed by atoms with van der Waals surface area (Å²) in [7, 11) is 0. The molecule has 1 rings (SSSR count). The number of carbonyl (C=O) groups excluding carboxylic acids is 1. The summed E-state index contributed by atoms with van der Waals surface area (Å²) in [6.07, 6.45) is 5.05. The fourth-order valence-corrected chi connectivity index (χ4v) is 2.21. The van der Waals surface area contributed by atoms with Crippen LogP contribution in [0.3, 0.4) is 0 Å². The minimum atomic E-state index is -1.01. The second kappa shape index (κ2) is 7.04. The first-order chi connectivity index (χ1) is 8.88. The van der Waals surface area contributed by atoms with Gasteiger partial charge >= 0.3 is 5.97 Å². The summed E-state index contributed by atoms with van der Waals surface area (Å²) in [5, 5.41) is 12.4. The van der Waals surface area contributed by atoms with E-state index < -0.39 is 17.9 Å². The number of carboxylic acids is 1. The number of aromatic nitrogens is 1. The van der Waals surface area contributed by atoms with E-state index in [2.05, 4.69) is 10.3 Å². The first-order valence-corrected chi connectivity index (χ1v) is 6.84. The van der Waals surface area contributed by atoms with Crippen LogP contribution in [0.1, 0.15) is 30.2 Å². The van der Waals surface area contributed by atoms with Crippen LogP contribution in [-0.2, 0) is 9.59 Å². The van der Waals surface area contributed by atoms with E-state index in [0.29, 0.717) is 6.42 Å². The Morgan fingerprint density at radius 1 is 1.53 bits per heavy atom. The van der Waals surface area contributed by atoms with Gasteiger partial charge in [-0.2, -0.15) is 0 Å². The molecule has 1 amide bonds. The highest BCUT2D eigenvalue weighted by Gasteiger charge is 2.19. The molecular formula is C13H18N2O3S. The van der Waals surface area contributed by atoms with Crippen LogP contribution < -0.4 is 5.32 Å². The summed E-state index contributed by atoms with van der Waals surface area (Å²) in [5.74, 6) is -1.21. The fourth-order valence-electron chi connectivity index (χ4n) is 1.53. The van der Waals surface area contributed by atoms with Gasteiger partial charge < -0.3 is 10.4 Å². The molecule has 19 heavy (non-hydrogen) atoms. The summed E-state index contributed by atoms with van der Waals surface area (Å²) >= 11 is 1.47.